The Morgan fingerprint density at radius 2 is 1.90 bits per heavy atom. The van der Waals surface area contributed by atoms with Gasteiger partial charge in [-0.15, -0.1) is 0 Å². The van der Waals surface area contributed by atoms with Gasteiger partial charge in [0.05, 0.1) is 10.6 Å². The van der Waals surface area contributed by atoms with Gasteiger partial charge in [-0.3, -0.25) is 19.3 Å². The lowest BCUT2D eigenvalue weighted by atomic mass is 10.1. The summed E-state index contributed by atoms with van der Waals surface area (Å²) in [6.07, 6.45) is 0.197. The molecule has 3 rings (SSSR count). The Kier molecular flexibility index (Phi) is 6.69. The summed E-state index contributed by atoms with van der Waals surface area (Å²) in [4.78, 5) is 26.0. The molecule has 0 aliphatic carbocycles. The van der Waals surface area contributed by atoms with Crippen molar-refractivity contribution >= 4 is 41.3 Å². The quantitative estimate of drug-likeness (QED) is 0.556. The van der Waals surface area contributed by atoms with E-state index < -0.39 is 0 Å². The Labute approximate surface area is 184 Å². The minimum Gasteiger partial charge on any atom is -0.345 e. The van der Waals surface area contributed by atoms with Crippen molar-refractivity contribution in [2.24, 2.45) is 0 Å². The Hall–Kier alpha value is -2.97. The van der Waals surface area contributed by atoms with Gasteiger partial charge in [0.2, 0.25) is 5.91 Å². The molecule has 3 aromatic rings. The van der Waals surface area contributed by atoms with Crippen LogP contribution in [0.2, 0.25) is 5.02 Å². The molecule has 1 heterocycles. The maximum atomic E-state index is 12.4. The molecule has 0 fully saturated rings. The zero-order chi connectivity index (χ0) is 21.8. The monoisotopic (exact) mass is 443 g/mol. The number of hydrogen-bond donors (Lipinski definition) is 2. The number of nitrogens with one attached hydrogen (secondary N) is 2. The van der Waals surface area contributed by atoms with E-state index in [1.165, 1.54) is 4.90 Å². The SMILES string of the molecule is Cc1ccc(-c2n[nH]c(=S)n2CCC(=O)Nc2ccc(C(=O)N(C)C)c(Cl)c2)cc1. The van der Waals surface area contributed by atoms with E-state index >= 15 is 0 Å². The van der Waals surface area contributed by atoms with E-state index in [1.807, 2.05) is 31.2 Å². The summed E-state index contributed by atoms with van der Waals surface area (Å²) in [6.45, 7) is 2.38. The Bertz CT molecular complexity index is 1140. The average Bonchev–Trinajstić information content (AvgIpc) is 3.07. The van der Waals surface area contributed by atoms with E-state index in [0.29, 0.717) is 28.4 Å². The highest BCUT2D eigenvalue weighted by molar-refractivity contribution is 7.71. The standard InChI is InChI=1S/C21H22ClN5O2S/c1-13-4-6-14(7-5-13)19-24-25-21(30)27(19)11-10-18(28)23-15-8-9-16(17(22)12-15)20(29)26(2)3/h4-9,12H,10-11H2,1-3H3,(H,23,28)(H,25,30). The second-order valence-electron chi connectivity index (χ2n) is 7.06. The third-order valence-corrected chi connectivity index (χ3v) is 5.14. The first-order chi connectivity index (χ1) is 14.3. The van der Waals surface area contributed by atoms with Crippen LogP contribution in [0.5, 0.6) is 0 Å². The van der Waals surface area contributed by atoms with Crippen molar-refractivity contribution in [3.05, 3.63) is 63.4 Å². The van der Waals surface area contributed by atoms with Crippen LogP contribution in [0, 0.1) is 11.7 Å². The van der Waals surface area contributed by atoms with Gasteiger partial charge in [-0.25, -0.2) is 0 Å². The van der Waals surface area contributed by atoms with Gasteiger partial charge in [-0.2, -0.15) is 5.10 Å². The predicted molar refractivity (Wildman–Crippen MR) is 120 cm³/mol. The topological polar surface area (TPSA) is 83.0 Å². The van der Waals surface area contributed by atoms with Crippen molar-refractivity contribution in [2.45, 2.75) is 19.9 Å². The van der Waals surface area contributed by atoms with Crippen LogP contribution in [0.3, 0.4) is 0 Å². The van der Waals surface area contributed by atoms with E-state index in [1.54, 1.807) is 36.9 Å². The van der Waals surface area contributed by atoms with Crippen LogP contribution in [-0.4, -0.2) is 45.6 Å². The Morgan fingerprint density at radius 1 is 1.20 bits per heavy atom. The number of carbonyl (C=O) groups excluding carboxylic acids is 2. The fourth-order valence-corrected chi connectivity index (χ4v) is 3.38. The Morgan fingerprint density at radius 3 is 2.53 bits per heavy atom. The molecule has 0 saturated carbocycles. The number of nitrogens with zero attached hydrogens (tertiary/aromatic N) is 3. The molecule has 0 atom stereocenters. The third-order valence-electron chi connectivity index (χ3n) is 4.52. The fraction of sp³-hybridized carbons (Fsp3) is 0.238. The minimum absolute atomic E-state index is 0.197. The smallest absolute Gasteiger partial charge is 0.254 e. The number of aromatic nitrogens is 3. The molecule has 0 aliphatic rings. The maximum absolute atomic E-state index is 12.4. The summed E-state index contributed by atoms with van der Waals surface area (Å²) in [5, 5.41) is 10.2. The minimum atomic E-state index is -0.198. The molecule has 2 amide bonds. The number of anilines is 1. The lowest BCUT2D eigenvalue weighted by Gasteiger charge is -2.13. The highest BCUT2D eigenvalue weighted by Gasteiger charge is 2.14. The number of aromatic amines is 1. The average molecular weight is 444 g/mol. The molecule has 0 bridgehead atoms. The first-order valence-corrected chi connectivity index (χ1v) is 10.1. The molecule has 0 aliphatic heterocycles. The van der Waals surface area contributed by atoms with E-state index in [0.717, 1.165) is 11.1 Å². The molecule has 1 aromatic heterocycles. The van der Waals surface area contributed by atoms with Crippen LogP contribution < -0.4 is 5.32 Å². The lowest BCUT2D eigenvalue weighted by Crippen LogP contribution is -2.22. The first-order valence-electron chi connectivity index (χ1n) is 9.29. The summed E-state index contributed by atoms with van der Waals surface area (Å²) in [6, 6.07) is 12.8. The highest BCUT2D eigenvalue weighted by atomic mass is 35.5. The number of halogens is 1. The lowest BCUT2D eigenvalue weighted by molar-refractivity contribution is -0.116. The van der Waals surface area contributed by atoms with Gasteiger partial charge in [0, 0.05) is 38.3 Å². The van der Waals surface area contributed by atoms with Crippen molar-refractivity contribution in [1.82, 2.24) is 19.7 Å². The normalized spacial score (nSPS) is 10.7. The van der Waals surface area contributed by atoms with Gasteiger partial charge < -0.3 is 10.2 Å². The zero-order valence-electron chi connectivity index (χ0n) is 16.9. The van der Waals surface area contributed by atoms with Gasteiger partial charge in [-0.1, -0.05) is 41.4 Å². The number of rotatable bonds is 6. The molecule has 9 heteroatoms. The maximum Gasteiger partial charge on any atom is 0.254 e. The van der Waals surface area contributed by atoms with Crippen LogP contribution in [0.4, 0.5) is 5.69 Å². The molecule has 2 N–H and O–H groups in total. The highest BCUT2D eigenvalue weighted by Crippen LogP contribution is 2.22. The van der Waals surface area contributed by atoms with Gasteiger partial charge in [0.1, 0.15) is 0 Å². The molecule has 0 unspecified atom stereocenters. The predicted octanol–water partition coefficient (Wildman–Crippen LogP) is 4.30. The van der Waals surface area contributed by atoms with Crippen molar-refractivity contribution in [3.8, 4) is 11.4 Å². The summed E-state index contributed by atoms with van der Waals surface area (Å²) in [7, 11) is 3.31. The van der Waals surface area contributed by atoms with Crippen LogP contribution in [0.1, 0.15) is 22.3 Å². The number of aryl methyl sites for hydroxylation is 1. The summed E-state index contributed by atoms with van der Waals surface area (Å²) >= 11 is 11.5. The van der Waals surface area contributed by atoms with E-state index in [2.05, 4.69) is 15.5 Å². The Balaban J connectivity index is 1.68. The molecule has 30 heavy (non-hydrogen) atoms. The molecule has 0 saturated heterocycles. The summed E-state index contributed by atoms with van der Waals surface area (Å²) in [5.74, 6) is 0.286. The summed E-state index contributed by atoms with van der Waals surface area (Å²) < 4.78 is 2.25. The van der Waals surface area contributed by atoms with Gasteiger partial charge in [0.25, 0.3) is 5.91 Å². The molecular weight excluding hydrogens is 422 g/mol. The molecule has 0 spiro atoms. The number of hydrogen-bond acceptors (Lipinski definition) is 4. The second kappa shape index (κ2) is 9.23. The van der Waals surface area contributed by atoms with Crippen molar-refractivity contribution < 1.29 is 9.59 Å². The molecule has 0 radical (unpaired) electrons. The number of benzene rings is 2. The van der Waals surface area contributed by atoms with Crippen LogP contribution >= 0.6 is 23.8 Å². The van der Waals surface area contributed by atoms with Crippen molar-refractivity contribution in [1.29, 1.82) is 0 Å². The van der Waals surface area contributed by atoms with Crippen LogP contribution in [-0.2, 0) is 11.3 Å². The molecular formula is C21H22ClN5O2S. The largest absolute Gasteiger partial charge is 0.345 e. The third kappa shape index (κ3) is 4.95. The van der Waals surface area contributed by atoms with E-state index in [9.17, 15) is 9.59 Å². The van der Waals surface area contributed by atoms with Crippen LogP contribution in [0.15, 0.2) is 42.5 Å². The second-order valence-corrected chi connectivity index (χ2v) is 7.86. The first kappa shape index (κ1) is 21.7. The fourth-order valence-electron chi connectivity index (χ4n) is 2.89. The van der Waals surface area contributed by atoms with Crippen LogP contribution in [0.25, 0.3) is 11.4 Å². The van der Waals surface area contributed by atoms with Crippen molar-refractivity contribution in [3.63, 3.8) is 0 Å². The molecule has 7 nitrogen and oxygen atoms in total. The molecule has 2 aromatic carbocycles. The zero-order valence-corrected chi connectivity index (χ0v) is 18.5. The van der Waals surface area contributed by atoms with E-state index in [-0.39, 0.29) is 23.3 Å². The van der Waals surface area contributed by atoms with Gasteiger partial charge in [0.15, 0.2) is 10.6 Å². The number of amides is 2. The van der Waals surface area contributed by atoms with Crippen molar-refractivity contribution in [2.75, 3.05) is 19.4 Å². The number of H-pyrrole nitrogens is 1. The summed E-state index contributed by atoms with van der Waals surface area (Å²) in [5.41, 5.74) is 2.97. The van der Waals surface area contributed by atoms with Gasteiger partial charge in [-0.05, 0) is 37.3 Å². The van der Waals surface area contributed by atoms with Gasteiger partial charge >= 0.3 is 0 Å². The molecule has 156 valence electrons. The number of carbonyl (C=O) groups is 2. The van der Waals surface area contributed by atoms with E-state index in [4.69, 9.17) is 23.8 Å².